The Morgan fingerprint density at radius 2 is 0.914 bits per heavy atom. The predicted octanol–water partition coefficient (Wildman–Crippen LogP) is -3.60. The molecule has 1 amide bonds. The normalized spacial score (nSPS) is 38.3. The monoisotopic (exact) mass is 1530 g/mol. The van der Waals surface area contributed by atoms with E-state index in [0.29, 0.717) is 57.7 Å². The molecule has 0 aromatic heterocycles. The van der Waals surface area contributed by atoms with Crippen LogP contribution in [0.5, 0.6) is 0 Å². The van der Waals surface area contributed by atoms with Gasteiger partial charge in [0, 0.05) is 73.2 Å². The quantitative estimate of drug-likeness (QED) is 0.0121. The third-order valence-electron chi connectivity index (χ3n) is 17.6. The van der Waals surface area contributed by atoms with Crippen molar-refractivity contribution in [3.8, 4) is 0 Å². The summed E-state index contributed by atoms with van der Waals surface area (Å²) in [5.41, 5.74) is 61.1. The number of hydrogen-bond donors (Lipinski definition) is 14. The fourth-order valence-electron chi connectivity index (χ4n) is 12.0. The van der Waals surface area contributed by atoms with Gasteiger partial charge in [-0.25, -0.2) is 0 Å². The van der Waals surface area contributed by atoms with E-state index in [2.05, 4.69) is 65.5 Å². The Balaban J connectivity index is 1.16. The van der Waals surface area contributed by atoms with Crippen LogP contribution < -0.4 is 11.1 Å². The van der Waals surface area contributed by atoms with Crippen molar-refractivity contribution in [1.29, 1.82) is 0 Å². The molecule has 0 bridgehead atoms. The highest BCUT2D eigenvalue weighted by Gasteiger charge is 2.59. The van der Waals surface area contributed by atoms with Gasteiger partial charge in [0.2, 0.25) is 5.91 Å². The zero-order valence-corrected chi connectivity index (χ0v) is 58.0. The minimum atomic E-state index is -2.44. The zero-order chi connectivity index (χ0) is 76.6. The van der Waals surface area contributed by atoms with Gasteiger partial charge >= 0.3 is 0 Å². The first-order valence-electron chi connectivity index (χ1n) is 33.4. The average molecular weight is 1530 g/mol. The molecule has 6 rings (SSSR count). The number of nitrogens with zero attached hydrogens (tertiary/aromatic N) is 18. The van der Waals surface area contributed by atoms with Crippen LogP contribution in [0.2, 0.25) is 0 Å². The maximum absolute atomic E-state index is 12.5. The lowest BCUT2D eigenvalue weighted by atomic mass is 9.88. The number of amides is 1. The summed E-state index contributed by atoms with van der Waals surface area (Å²) in [6.45, 7) is 1.45. The molecular formula is C55H94N20O29S. The molecule has 50 heteroatoms. The molecule has 15 N–H and O–H groups in total. The van der Waals surface area contributed by atoms with E-state index >= 15 is 0 Å². The molecule has 0 aromatic carbocycles. The molecule has 30 unspecified atom stereocenters. The lowest BCUT2D eigenvalue weighted by Crippen LogP contribution is -2.70. The molecule has 6 heterocycles. The molecular weight excluding hydrogens is 1440 g/mol. The SMILES string of the molecule is CC1C(CN=[N+]=[N-])OC(OC2C(CN=[N+]=[N-])OC(OC3C(CN=[N+]=[N-])OC(OCC4C(CN=[N+]=[N-])OC(OC5C(CN=[N+]=[N-])OC(C)(OC6C(CN=[N+]=[N-])OC(O)C(O)C6O)C(O)C5O)C(O)C4O)C(O)C3OCCCSCCNC(=O)CCOCCOCCOCCOCCN)C(O)C2O)C(O)C1O. The average Bonchev–Trinajstić information content (AvgIpc) is 0.759. The van der Waals surface area contributed by atoms with Crippen molar-refractivity contribution in [3.05, 3.63) is 62.7 Å². The molecule has 0 spiro atoms. The number of carbonyl (C=O) groups is 1. The minimum Gasteiger partial charge on any atom is -0.390 e. The number of hydrogen-bond acceptors (Lipinski definition) is 37. The smallest absolute Gasteiger partial charge is 0.222 e. The molecule has 6 saturated heterocycles. The van der Waals surface area contributed by atoms with Gasteiger partial charge in [-0.2, -0.15) is 11.8 Å². The van der Waals surface area contributed by atoms with Crippen molar-refractivity contribution in [2.45, 2.75) is 198 Å². The molecule has 6 aliphatic rings. The Kier molecular flexibility index (Phi) is 38.8. The Bertz CT molecular complexity index is 2920. The van der Waals surface area contributed by atoms with Gasteiger partial charge in [-0.15, -0.1) is 0 Å². The van der Waals surface area contributed by atoms with E-state index in [-0.39, 0.29) is 51.7 Å². The van der Waals surface area contributed by atoms with Crippen LogP contribution in [0, 0.1) is 11.8 Å². The lowest BCUT2D eigenvalue weighted by Gasteiger charge is -2.52. The van der Waals surface area contributed by atoms with Crippen molar-refractivity contribution >= 4 is 17.7 Å². The van der Waals surface area contributed by atoms with Gasteiger partial charge in [-0.3, -0.25) is 4.79 Å². The molecule has 105 heavy (non-hydrogen) atoms. The topological polar surface area (TPSA) is 738 Å². The number of aliphatic hydroxyl groups excluding tert-OH is 12. The summed E-state index contributed by atoms with van der Waals surface area (Å²) in [4.78, 5) is 28.9. The van der Waals surface area contributed by atoms with Gasteiger partial charge in [0.1, 0.15) is 85.5 Å². The summed E-state index contributed by atoms with van der Waals surface area (Å²) in [6, 6.07) is 0. The van der Waals surface area contributed by atoms with E-state index in [0.717, 1.165) is 6.92 Å². The van der Waals surface area contributed by atoms with Crippen molar-refractivity contribution in [2.75, 3.05) is 130 Å². The molecule has 0 aromatic rings. The van der Waals surface area contributed by atoms with Crippen LogP contribution in [-0.2, 0) is 80.6 Å². The summed E-state index contributed by atoms with van der Waals surface area (Å²) in [7, 11) is 0. The van der Waals surface area contributed by atoms with Crippen LogP contribution in [0.25, 0.3) is 62.7 Å². The van der Waals surface area contributed by atoms with Gasteiger partial charge in [-0.05, 0) is 52.3 Å². The predicted molar refractivity (Wildman–Crippen MR) is 349 cm³/mol. The Hall–Kier alpha value is -5.48. The van der Waals surface area contributed by atoms with Crippen molar-refractivity contribution in [2.24, 2.45) is 48.3 Å². The van der Waals surface area contributed by atoms with Crippen LogP contribution in [0.3, 0.4) is 0 Å². The molecule has 594 valence electrons. The second-order valence-corrected chi connectivity index (χ2v) is 25.8. The number of nitrogens with one attached hydrogen (secondary N) is 1. The van der Waals surface area contributed by atoms with Gasteiger partial charge < -0.3 is 148 Å². The Morgan fingerprint density at radius 3 is 1.49 bits per heavy atom. The molecule has 0 radical (unpaired) electrons. The van der Waals surface area contributed by atoms with E-state index in [4.69, 9.17) is 92.6 Å². The first-order chi connectivity index (χ1) is 50.5. The van der Waals surface area contributed by atoms with Gasteiger partial charge in [0.25, 0.3) is 0 Å². The lowest BCUT2D eigenvalue weighted by molar-refractivity contribution is -0.406. The number of rotatable bonds is 45. The third-order valence-corrected chi connectivity index (χ3v) is 18.7. The third kappa shape index (κ3) is 25.6. The molecule has 0 aliphatic carbocycles. The van der Waals surface area contributed by atoms with Gasteiger partial charge in [0.05, 0.1) is 148 Å². The molecule has 49 nitrogen and oxygen atoms in total. The standard InChI is InChI=1S/C55H94N20O29S/c1-25-27(18-64-70-57)96-52(39(82)34(25)77)100-44-29(20-66-72-59)99-54(41(84)37(44)80)102-47-31(22-68-74-61)98-51(43(86)48(47)93-7-3-16-105-17-6-63-33(76)4-8-89-10-12-91-14-15-92-13-11-90-9-5-56)94-24-26-28(19-65-71-58)97-53(40(83)35(26)78)101-45-32(23-69-75-62)103-55(2,49(87)42(45)85)104-46-30(21-67-73-60)95-50(88)38(81)36(46)79/h25-32,34-54,77-88H,3-24,56H2,1-2H3,(H,63,76). The number of aliphatic hydroxyl groups is 12. The van der Waals surface area contributed by atoms with E-state index in [1.807, 2.05) is 0 Å². The second-order valence-electron chi connectivity index (χ2n) is 24.6. The van der Waals surface area contributed by atoms with E-state index in [1.165, 1.54) is 18.7 Å². The fraction of sp³-hybridized carbons (Fsp3) is 0.982. The molecule has 6 aliphatic heterocycles. The zero-order valence-electron chi connectivity index (χ0n) is 57.1. The summed E-state index contributed by atoms with van der Waals surface area (Å²) in [6.07, 6.45) is -48.8. The number of carbonyl (C=O) groups excluding carboxylic acids is 1. The van der Waals surface area contributed by atoms with Crippen LogP contribution in [-0.4, -0.2) is 369 Å². The highest BCUT2D eigenvalue weighted by Crippen LogP contribution is 2.41. The summed E-state index contributed by atoms with van der Waals surface area (Å²) in [5, 5.41) is 160. The summed E-state index contributed by atoms with van der Waals surface area (Å²) < 4.78 is 93.7. The Morgan fingerprint density at radius 1 is 0.467 bits per heavy atom. The molecule has 0 saturated carbocycles. The van der Waals surface area contributed by atoms with E-state index in [9.17, 15) is 88.2 Å². The van der Waals surface area contributed by atoms with Gasteiger partial charge in [0.15, 0.2) is 37.2 Å². The maximum atomic E-state index is 12.5. The highest BCUT2D eigenvalue weighted by molar-refractivity contribution is 7.99. The largest absolute Gasteiger partial charge is 0.390 e. The van der Waals surface area contributed by atoms with Crippen LogP contribution in [0.15, 0.2) is 30.7 Å². The molecule has 6 fully saturated rings. The maximum Gasteiger partial charge on any atom is 0.222 e. The number of thioether (sulfide) groups is 1. The first-order valence-corrected chi connectivity index (χ1v) is 34.6. The van der Waals surface area contributed by atoms with Crippen LogP contribution >= 0.6 is 11.8 Å². The summed E-state index contributed by atoms with van der Waals surface area (Å²) in [5.74, 6) is -4.13. The van der Waals surface area contributed by atoms with E-state index < -0.39 is 223 Å². The highest BCUT2D eigenvalue weighted by atomic mass is 32.2. The van der Waals surface area contributed by atoms with Crippen molar-refractivity contribution < 1.29 is 142 Å². The molecule has 30 atom stereocenters. The minimum absolute atomic E-state index is 0.0847. The first kappa shape index (κ1) is 88.4. The fourth-order valence-corrected chi connectivity index (χ4v) is 12.8. The number of nitrogens with two attached hydrogens (primary N) is 1. The van der Waals surface area contributed by atoms with Gasteiger partial charge in [-0.1, -0.05) is 37.6 Å². The van der Waals surface area contributed by atoms with Crippen molar-refractivity contribution in [3.63, 3.8) is 0 Å². The number of ether oxygens (including phenoxy) is 16. The van der Waals surface area contributed by atoms with Crippen molar-refractivity contribution in [1.82, 2.24) is 5.32 Å². The van der Waals surface area contributed by atoms with Crippen LogP contribution in [0.4, 0.5) is 0 Å². The number of azide groups is 6. The summed E-state index contributed by atoms with van der Waals surface area (Å²) >= 11 is 1.42. The Labute approximate surface area is 602 Å². The second kappa shape index (κ2) is 46.1. The van der Waals surface area contributed by atoms with E-state index in [1.54, 1.807) is 0 Å². The van der Waals surface area contributed by atoms with Crippen LogP contribution in [0.1, 0.15) is 26.7 Å².